The fourth-order valence-electron chi connectivity index (χ4n) is 5.30. The molecule has 0 atom stereocenters. The minimum atomic E-state index is -4.65. The summed E-state index contributed by atoms with van der Waals surface area (Å²) in [6, 6.07) is 14.8. The molecule has 1 aliphatic heterocycles. The lowest BCUT2D eigenvalue weighted by atomic mass is 9.93. The van der Waals surface area contributed by atoms with Crippen LogP contribution in [0.25, 0.3) is 10.9 Å². The number of carbonyl (C=O) groups is 1. The number of aromatic nitrogens is 1. The van der Waals surface area contributed by atoms with Crippen LogP contribution in [0, 0.1) is 20.8 Å². The van der Waals surface area contributed by atoms with Crippen LogP contribution in [0.5, 0.6) is 0 Å². The van der Waals surface area contributed by atoms with Crippen LogP contribution in [-0.2, 0) is 27.4 Å². The predicted molar refractivity (Wildman–Crippen MR) is 146 cm³/mol. The number of hydrogen-bond donors (Lipinski definition) is 0. The van der Waals surface area contributed by atoms with Gasteiger partial charge >= 0.3 is 6.18 Å². The van der Waals surface area contributed by atoms with Crippen LogP contribution in [-0.4, -0.2) is 49.5 Å². The second-order valence-corrected chi connectivity index (χ2v) is 11.8. The maximum absolute atomic E-state index is 14.0. The third-order valence-corrected chi connectivity index (χ3v) is 9.26. The van der Waals surface area contributed by atoms with E-state index in [2.05, 4.69) is 0 Å². The average molecular weight is 571 g/mol. The predicted octanol–water partition coefficient (Wildman–Crippen LogP) is 5.89. The van der Waals surface area contributed by atoms with E-state index in [1.165, 1.54) is 12.1 Å². The number of halogens is 3. The molecule has 6 nitrogen and oxygen atoms in total. The molecule has 40 heavy (non-hydrogen) atoms. The highest BCUT2D eigenvalue weighted by atomic mass is 32.2. The third kappa shape index (κ3) is 5.01. The molecule has 3 aromatic carbocycles. The molecule has 1 saturated heterocycles. The van der Waals surface area contributed by atoms with Crippen molar-refractivity contribution in [1.82, 2.24) is 8.87 Å². The smallest absolute Gasteiger partial charge is 0.378 e. The lowest BCUT2D eigenvalue weighted by Gasteiger charge is -2.28. The monoisotopic (exact) mass is 570 g/mol. The van der Waals surface area contributed by atoms with Crippen molar-refractivity contribution in [1.29, 1.82) is 0 Å². The van der Waals surface area contributed by atoms with Gasteiger partial charge in [-0.1, -0.05) is 24.3 Å². The average Bonchev–Trinajstić information content (AvgIpc) is 3.31. The summed E-state index contributed by atoms with van der Waals surface area (Å²) in [5, 5.41) is 0.415. The fourth-order valence-corrected chi connectivity index (χ4v) is 6.85. The number of fused-ring (bicyclic) bond motifs is 1. The largest absolute Gasteiger partial charge is 0.416 e. The number of hydrogen-bond acceptors (Lipinski definition) is 4. The van der Waals surface area contributed by atoms with Crippen molar-refractivity contribution in [3.63, 3.8) is 0 Å². The Morgan fingerprint density at radius 2 is 1.60 bits per heavy atom. The van der Waals surface area contributed by atoms with Gasteiger partial charge in [0.05, 0.1) is 29.2 Å². The molecule has 0 N–H and O–H groups in total. The third-order valence-electron chi connectivity index (χ3n) is 7.48. The van der Waals surface area contributed by atoms with Crippen LogP contribution in [0.4, 0.5) is 13.2 Å². The Labute approximate surface area is 231 Å². The van der Waals surface area contributed by atoms with Gasteiger partial charge in [-0.05, 0) is 79.4 Å². The van der Waals surface area contributed by atoms with Gasteiger partial charge in [0.25, 0.3) is 15.9 Å². The zero-order chi connectivity index (χ0) is 28.8. The maximum atomic E-state index is 14.0. The molecule has 210 valence electrons. The number of nitrogens with zero attached hydrogens (tertiary/aromatic N) is 2. The molecule has 5 rings (SSSR count). The number of morpholine rings is 1. The summed E-state index contributed by atoms with van der Waals surface area (Å²) in [6.07, 6.45) is -4.55. The number of benzene rings is 3. The zero-order valence-corrected chi connectivity index (χ0v) is 23.2. The van der Waals surface area contributed by atoms with Gasteiger partial charge in [0.15, 0.2) is 0 Å². The molecule has 0 saturated carbocycles. The molecule has 0 spiro atoms. The van der Waals surface area contributed by atoms with Gasteiger partial charge in [0, 0.05) is 36.2 Å². The Morgan fingerprint density at radius 3 is 2.25 bits per heavy atom. The summed E-state index contributed by atoms with van der Waals surface area (Å²) < 4.78 is 75.6. The first-order valence-electron chi connectivity index (χ1n) is 12.9. The lowest BCUT2D eigenvalue weighted by Crippen LogP contribution is -2.41. The number of alkyl halides is 3. The molecular formula is C30H29F3N2O4S. The molecule has 0 aliphatic carbocycles. The number of amides is 1. The van der Waals surface area contributed by atoms with Crippen LogP contribution in [0.1, 0.15) is 43.9 Å². The molecule has 0 unspecified atom stereocenters. The summed E-state index contributed by atoms with van der Waals surface area (Å²) in [7, 11) is -4.26. The number of aryl methyl sites for hydroxylation is 2. The Hall–Kier alpha value is -3.63. The minimum Gasteiger partial charge on any atom is -0.378 e. The normalized spacial score (nSPS) is 14.6. The first-order chi connectivity index (χ1) is 18.9. The van der Waals surface area contributed by atoms with Gasteiger partial charge in [-0.15, -0.1) is 0 Å². The second kappa shape index (κ2) is 10.4. The van der Waals surface area contributed by atoms with Crippen molar-refractivity contribution in [2.75, 3.05) is 26.3 Å². The van der Waals surface area contributed by atoms with E-state index < -0.39 is 21.8 Å². The van der Waals surface area contributed by atoms with Crippen molar-refractivity contribution in [2.24, 2.45) is 0 Å². The van der Waals surface area contributed by atoms with Crippen LogP contribution in [0.3, 0.4) is 0 Å². The minimum absolute atomic E-state index is 0.0338. The molecule has 0 bridgehead atoms. The van der Waals surface area contributed by atoms with E-state index in [4.69, 9.17) is 4.74 Å². The van der Waals surface area contributed by atoms with Gasteiger partial charge in [0.1, 0.15) is 0 Å². The van der Waals surface area contributed by atoms with Gasteiger partial charge < -0.3 is 9.64 Å². The molecule has 1 amide bonds. The lowest BCUT2D eigenvalue weighted by molar-refractivity contribution is -0.137. The quantitative estimate of drug-likeness (QED) is 0.300. The maximum Gasteiger partial charge on any atom is 0.416 e. The SMILES string of the molecule is Cc1ccc(C(=O)N2CCOCC2)c(C)c1Cc1cc2c(C)cc(C(F)(F)F)cc2n1S(=O)(=O)c1ccccc1. The molecule has 1 aliphatic rings. The van der Waals surface area contributed by atoms with E-state index in [1.807, 2.05) is 19.9 Å². The van der Waals surface area contributed by atoms with Crippen LogP contribution >= 0.6 is 0 Å². The van der Waals surface area contributed by atoms with E-state index in [0.717, 1.165) is 27.2 Å². The molecular weight excluding hydrogens is 541 g/mol. The van der Waals surface area contributed by atoms with E-state index in [0.29, 0.717) is 54.1 Å². The van der Waals surface area contributed by atoms with Gasteiger partial charge in [-0.3, -0.25) is 4.79 Å². The molecule has 1 aromatic heterocycles. The van der Waals surface area contributed by atoms with E-state index in [9.17, 15) is 26.4 Å². The molecule has 10 heteroatoms. The zero-order valence-electron chi connectivity index (χ0n) is 22.4. The van der Waals surface area contributed by atoms with Crippen molar-refractivity contribution in [2.45, 2.75) is 38.3 Å². The Balaban J connectivity index is 1.70. The van der Waals surface area contributed by atoms with Crippen LogP contribution in [0.15, 0.2) is 65.6 Å². The first kappa shape index (κ1) is 27.9. The molecule has 1 fully saturated rings. The summed E-state index contributed by atoms with van der Waals surface area (Å²) in [6.45, 7) is 7.11. The number of ether oxygens (including phenoxy) is 1. The van der Waals surface area contributed by atoms with Crippen LogP contribution < -0.4 is 0 Å². The fraction of sp³-hybridized carbons (Fsp3) is 0.300. The second-order valence-electron chi connectivity index (χ2n) is 10.1. The Bertz CT molecular complexity index is 1700. The summed E-state index contributed by atoms with van der Waals surface area (Å²) >= 11 is 0. The summed E-state index contributed by atoms with van der Waals surface area (Å²) in [5.74, 6) is -0.134. The standard InChI is InChI=1S/C30H29F3N2O4S/c1-19-9-10-25(29(36)34-11-13-39-14-12-34)21(3)26(19)17-23-18-27-20(2)15-22(30(31,32)33)16-28(27)35(23)40(37,38)24-7-5-4-6-8-24/h4-10,15-16,18H,11-14,17H2,1-3H3. The van der Waals surface area contributed by atoms with Gasteiger partial charge in [-0.2, -0.15) is 13.2 Å². The highest BCUT2D eigenvalue weighted by Gasteiger charge is 2.33. The number of rotatable bonds is 5. The van der Waals surface area contributed by atoms with Gasteiger partial charge in [-0.25, -0.2) is 12.4 Å². The first-order valence-corrected chi connectivity index (χ1v) is 14.3. The Morgan fingerprint density at radius 1 is 0.925 bits per heavy atom. The van der Waals surface area contributed by atoms with E-state index >= 15 is 0 Å². The van der Waals surface area contributed by atoms with Crippen molar-refractivity contribution in [3.05, 3.63) is 99.7 Å². The topological polar surface area (TPSA) is 68.6 Å². The summed E-state index contributed by atoms with van der Waals surface area (Å²) in [5.41, 5.74) is 2.47. The highest BCUT2D eigenvalue weighted by Crippen LogP contribution is 2.37. The highest BCUT2D eigenvalue weighted by molar-refractivity contribution is 7.90. The van der Waals surface area contributed by atoms with Crippen molar-refractivity contribution < 1.29 is 31.1 Å². The van der Waals surface area contributed by atoms with E-state index in [1.54, 1.807) is 42.2 Å². The molecule has 0 radical (unpaired) electrons. The molecule has 4 aromatic rings. The Kier molecular flexibility index (Phi) is 7.26. The molecule has 2 heterocycles. The van der Waals surface area contributed by atoms with Crippen LogP contribution in [0.2, 0.25) is 0 Å². The number of carbonyl (C=O) groups excluding carboxylic acids is 1. The van der Waals surface area contributed by atoms with Crippen molar-refractivity contribution >= 4 is 26.8 Å². The van der Waals surface area contributed by atoms with Crippen molar-refractivity contribution in [3.8, 4) is 0 Å². The summed E-state index contributed by atoms with van der Waals surface area (Å²) in [4.78, 5) is 15.0. The van der Waals surface area contributed by atoms with Gasteiger partial charge in [0.2, 0.25) is 0 Å². The van der Waals surface area contributed by atoms with E-state index in [-0.39, 0.29) is 22.7 Å².